The van der Waals surface area contributed by atoms with Crippen LogP contribution in [0.1, 0.15) is 34.8 Å². The summed E-state index contributed by atoms with van der Waals surface area (Å²) in [7, 11) is 3.11. The van der Waals surface area contributed by atoms with Gasteiger partial charge in [-0.15, -0.1) is 0 Å². The van der Waals surface area contributed by atoms with E-state index in [1.807, 2.05) is 0 Å². The van der Waals surface area contributed by atoms with Gasteiger partial charge in [-0.25, -0.2) is 4.79 Å². The third kappa shape index (κ3) is 5.19. The zero-order valence-electron chi connectivity index (χ0n) is 17.0. The predicted molar refractivity (Wildman–Crippen MR) is 106 cm³/mol. The maximum Gasteiger partial charge on any atom is 0.374 e. The molecule has 30 heavy (non-hydrogen) atoms. The summed E-state index contributed by atoms with van der Waals surface area (Å²) in [6, 6.07) is 9.87. The Balaban J connectivity index is 1.53. The molecule has 0 aliphatic rings. The third-order valence-corrected chi connectivity index (χ3v) is 4.36. The molecule has 9 nitrogen and oxygen atoms in total. The average Bonchev–Trinajstić information content (AvgIpc) is 3.44. The Morgan fingerprint density at radius 3 is 2.73 bits per heavy atom. The highest BCUT2D eigenvalue weighted by molar-refractivity contribution is 5.88. The monoisotopic (exact) mass is 413 g/mol. The molecular weight excluding hydrogens is 390 g/mol. The Bertz CT molecular complexity index is 996. The molecule has 1 unspecified atom stereocenters. The van der Waals surface area contributed by atoms with Crippen LogP contribution in [0.15, 0.2) is 53.2 Å². The first-order chi connectivity index (χ1) is 14.5. The fourth-order valence-electron chi connectivity index (χ4n) is 2.87. The van der Waals surface area contributed by atoms with E-state index in [0.717, 1.165) is 5.56 Å². The number of benzene rings is 1. The van der Waals surface area contributed by atoms with Crippen LogP contribution in [0.25, 0.3) is 0 Å². The van der Waals surface area contributed by atoms with Crippen molar-refractivity contribution >= 4 is 11.9 Å². The Labute approximate surface area is 173 Å². The number of esters is 1. The minimum atomic E-state index is -0.719. The third-order valence-electron chi connectivity index (χ3n) is 4.36. The highest BCUT2D eigenvalue weighted by Crippen LogP contribution is 2.29. The summed E-state index contributed by atoms with van der Waals surface area (Å²) in [5, 5.41) is 6.84. The number of methoxy groups -OCH3 is 2. The maximum atomic E-state index is 12.2. The van der Waals surface area contributed by atoms with E-state index in [1.165, 1.54) is 6.07 Å². The lowest BCUT2D eigenvalue weighted by atomic mass is 10.1. The number of hydrogen-bond acceptors (Lipinski definition) is 7. The number of aromatic nitrogens is 2. The average molecular weight is 413 g/mol. The minimum absolute atomic E-state index is 0.0208. The molecule has 158 valence electrons. The second-order valence-electron chi connectivity index (χ2n) is 6.44. The number of amides is 1. The number of carbonyl (C=O) groups excluding carboxylic acids is 2. The molecule has 0 saturated heterocycles. The van der Waals surface area contributed by atoms with Crippen molar-refractivity contribution in [3.8, 4) is 11.5 Å². The van der Waals surface area contributed by atoms with Crippen LogP contribution >= 0.6 is 0 Å². The van der Waals surface area contributed by atoms with Crippen LogP contribution in [0.2, 0.25) is 0 Å². The van der Waals surface area contributed by atoms with Crippen LogP contribution in [0.5, 0.6) is 11.5 Å². The molecule has 0 fully saturated rings. The van der Waals surface area contributed by atoms with Gasteiger partial charge in [-0.2, -0.15) is 5.10 Å². The molecule has 0 saturated carbocycles. The van der Waals surface area contributed by atoms with Gasteiger partial charge < -0.3 is 23.9 Å². The summed E-state index contributed by atoms with van der Waals surface area (Å²) < 4.78 is 22.7. The van der Waals surface area contributed by atoms with Crippen molar-refractivity contribution in [2.75, 3.05) is 20.8 Å². The lowest BCUT2D eigenvalue weighted by Gasteiger charge is -2.18. The van der Waals surface area contributed by atoms with Crippen molar-refractivity contribution in [2.45, 2.75) is 19.5 Å². The minimum Gasteiger partial charge on any atom is -0.497 e. The summed E-state index contributed by atoms with van der Waals surface area (Å²) in [5.41, 5.74) is 0.742. The quantitative estimate of drug-likeness (QED) is 0.538. The Morgan fingerprint density at radius 1 is 1.20 bits per heavy atom. The zero-order valence-corrected chi connectivity index (χ0v) is 17.0. The maximum absolute atomic E-state index is 12.2. The number of ether oxygens (including phenoxy) is 3. The van der Waals surface area contributed by atoms with Crippen LogP contribution in [-0.2, 0) is 16.1 Å². The van der Waals surface area contributed by atoms with Crippen molar-refractivity contribution < 1.29 is 28.2 Å². The van der Waals surface area contributed by atoms with E-state index in [2.05, 4.69) is 10.4 Å². The molecule has 0 spiro atoms. The van der Waals surface area contributed by atoms with Crippen molar-refractivity contribution in [3.63, 3.8) is 0 Å². The summed E-state index contributed by atoms with van der Waals surface area (Å²) in [6.07, 6.45) is 3.43. The van der Waals surface area contributed by atoms with E-state index < -0.39 is 18.5 Å². The first kappa shape index (κ1) is 21.0. The van der Waals surface area contributed by atoms with Gasteiger partial charge in [-0.3, -0.25) is 9.48 Å². The second-order valence-corrected chi connectivity index (χ2v) is 6.44. The predicted octanol–water partition coefficient (Wildman–Crippen LogP) is 2.58. The molecule has 0 aliphatic carbocycles. The van der Waals surface area contributed by atoms with Gasteiger partial charge in [0.05, 0.1) is 26.8 Å². The molecule has 1 aromatic carbocycles. The van der Waals surface area contributed by atoms with E-state index >= 15 is 0 Å². The Hall–Kier alpha value is -3.75. The number of rotatable bonds is 9. The first-order valence-corrected chi connectivity index (χ1v) is 9.24. The highest BCUT2D eigenvalue weighted by atomic mass is 16.5. The molecule has 1 atom stereocenters. The van der Waals surface area contributed by atoms with E-state index in [4.69, 9.17) is 18.6 Å². The molecular formula is C21H23N3O6. The van der Waals surface area contributed by atoms with Crippen molar-refractivity contribution in [1.29, 1.82) is 0 Å². The fourth-order valence-corrected chi connectivity index (χ4v) is 2.87. The Kier molecular flexibility index (Phi) is 6.74. The lowest BCUT2D eigenvalue weighted by Crippen LogP contribution is -2.31. The SMILES string of the molecule is COc1ccc(OC)c(C(C)NC(=O)COC(=O)c2ccc(Cn3cccn3)o2)c1. The largest absolute Gasteiger partial charge is 0.497 e. The van der Waals surface area contributed by atoms with Gasteiger partial charge in [0.25, 0.3) is 5.91 Å². The molecule has 0 radical (unpaired) electrons. The molecule has 0 bridgehead atoms. The molecule has 2 heterocycles. The summed E-state index contributed by atoms with van der Waals surface area (Å²) >= 11 is 0. The standard InChI is InChI=1S/C21H23N3O6/c1-14(17-11-15(27-2)5-7-18(17)28-3)23-20(25)13-29-21(26)19-8-6-16(30-19)12-24-10-4-9-22-24/h4-11,14H,12-13H2,1-3H3,(H,23,25). The summed E-state index contributed by atoms with van der Waals surface area (Å²) in [6.45, 7) is 1.75. The lowest BCUT2D eigenvalue weighted by molar-refractivity contribution is -0.124. The molecule has 0 aliphatic heterocycles. The van der Waals surface area contributed by atoms with E-state index in [9.17, 15) is 9.59 Å². The molecule has 2 aromatic heterocycles. The van der Waals surface area contributed by atoms with Gasteiger partial charge >= 0.3 is 5.97 Å². The smallest absolute Gasteiger partial charge is 0.374 e. The molecule has 9 heteroatoms. The van der Waals surface area contributed by atoms with Gasteiger partial charge in [0, 0.05) is 18.0 Å². The number of hydrogen-bond donors (Lipinski definition) is 1. The molecule has 3 rings (SSSR count). The first-order valence-electron chi connectivity index (χ1n) is 9.24. The van der Waals surface area contributed by atoms with Gasteiger partial charge in [0.2, 0.25) is 5.76 Å². The fraction of sp³-hybridized carbons (Fsp3) is 0.286. The normalized spacial score (nSPS) is 11.6. The van der Waals surface area contributed by atoms with E-state index in [-0.39, 0.29) is 11.8 Å². The van der Waals surface area contributed by atoms with Gasteiger partial charge in [0.15, 0.2) is 6.61 Å². The van der Waals surface area contributed by atoms with E-state index in [0.29, 0.717) is 23.8 Å². The summed E-state index contributed by atoms with van der Waals surface area (Å²) in [5.74, 6) is 0.650. The van der Waals surface area contributed by atoms with Crippen molar-refractivity contribution in [3.05, 3.63) is 65.9 Å². The van der Waals surface area contributed by atoms with Crippen LogP contribution in [-0.4, -0.2) is 42.5 Å². The van der Waals surface area contributed by atoms with Crippen molar-refractivity contribution in [2.24, 2.45) is 0 Å². The van der Waals surface area contributed by atoms with Gasteiger partial charge in [-0.1, -0.05) is 0 Å². The number of carbonyl (C=O) groups is 2. The van der Waals surface area contributed by atoms with E-state index in [1.54, 1.807) is 68.6 Å². The van der Waals surface area contributed by atoms with Crippen LogP contribution in [0, 0.1) is 0 Å². The highest BCUT2D eigenvalue weighted by Gasteiger charge is 2.18. The summed E-state index contributed by atoms with van der Waals surface area (Å²) in [4.78, 5) is 24.4. The number of nitrogens with one attached hydrogen (secondary N) is 1. The van der Waals surface area contributed by atoms with Gasteiger partial charge in [0.1, 0.15) is 17.3 Å². The number of nitrogens with zero attached hydrogens (tertiary/aromatic N) is 2. The number of furan rings is 1. The van der Waals surface area contributed by atoms with Crippen LogP contribution in [0.4, 0.5) is 0 Å². The topological polar surface area (TPSA) is 105 Å². The molecule has 1 amide bonds. The van der Waals surface area contributed by atoms with Crippen molar-refractivity contribution in [1.82, 2.24) is 15.1 Å². The zero-order chi connectivity index (χ0) is 21.5. The molecule has 1 N–H and O–H groups in total. The Morgan fingerprint density at radius 2 is 2.03 bits per heavy atom. The molecule has 3 aromatic rings. The van der Waals surface area contributed by atoms with Crippen LogP contribution in [0.3, 0.4) is 0 Å². The van der Waals surface area contributed by atoms with Gasteiger partial charge in [-0.05, 0) is 43.3 Å². The second kappa shape index (κ2) is 9.64. The van der Waals surface area contributed by atoms with Crippen LogP contribution < -0.4 is 14.8 Å².